The normalized spacial score (nSPS) is 19.5. The Morgan fingerprint density at radius 1 is 1.32 bits per heavy atom. The van der Waals surface area contributed by atoms with Crippen LogP contribution in [0.1, 0.15) is 11.1 Å². The van der Waals surface area contributed by atoms with Crippen molar-refractivity contribution in [1.82, 2.24) is 4.98 Å². The second kappa shape index (κ2) is 3.57. The van der Waals surface area contributed by atoms with Crippen molar-refractivity contribution >= 4 is 23.1 Å². The Bertz CT molecular complexity index is 696. The van der Waals surface area contributed by atoms with Crippen molar-refractivity contribution in [3.8, 4) is 0 Å². The predicted molar refractivity (Wildman–Crippen MR) is 73.7 cm³/mol. The molecule has 0 saturated heterocycles. The summed E-state index contributed by atoms with van der Waals surface area (Å²) in [6.45, 7) is 1.99. The second-order valence-electron chi connectivity index (χ2n) is 5.03. The molecule has 4 rings (SSSR count). The lowest BCUT2D eigenvalue weighted by Gasteiger charge is -2.32. The Morgan fingerprint density at radius 3 is 3.05 bits per heavy atom. The summed E-state index contributed by atoms with van der Waals surface area (Å²) in [6.07, 6.45) is 2.54. The van der Waals surface area contributed by atoms with Crippen molar-refractivity contribution in [2.24, 2.45) is 0 Å². The van der Waals surface area contributed by atoms with Crippen LogP contribution in [-0.4, -0.2) is 16.9 Å². The molecular weight excluding hydrogens is 238 g/mol. The first-order valence-corrected chi connectivity index (χ1v) is 6.39. The lowest BCUT2D eigenvalue weighted by Crippen LogP contribution is -2.44. The molecule has 94 valence electrons. The molecule has 1 aromatic heterocycles. The van der Waals surface area contributed by atoms with E-state index in [0.29, 0.717) is 0 Å². The summed E-state index contributed by atoms with van der Waals surface area (Å²) < 4.78 is 0. The fraction of sp³-hybridized carbons (Fsp3) is 0.200. The minimum absolute atomic E-state index is 0.0554. The van der Waals surface area contributed by atoms with Gasteiger partial charge in [-0.05, 0) is 30.2 Å². The van der Waals surface area contributed by atoms with Crippen LogP contribution in [0.5, 0.6) is 0 Å². The van der Waals surface area contributed by atoms with Gasteiger partial charge in [-0.25, -0.2) is 4.98 Å². The summed E-state index contributed by atoms with van der Waals surface area (Å²) in [5.41, 5.74) is 4.18. The number of para-hydroxylation sites is 1. The van der Waals surface area contributed by atoms with E-state index in [9.17, 15) is 4.79 Å². The summed E-state index contributed by atoms with van der Waals surface area (Å²) in [4.78, 5) is 18.8. The first kappa shape index (κ1) is 10.6. The number of anilines is 3. The van der Waals surface area contributed by atoms with Gasteiger partial charge in [0.1, 0.15) is 6.04 Å². The average molecular weight is 251 g/mol. The van der Waals surface area contributed by atoms with Crippen molar-refractivity contribution in [3.05, 3.63) is 47.7 Å². The van der Waals surface area contributed by atoms with Crippen LogP contribution in [0.15, 0.2) is 36.5 Å². The number of aromatic nitrogens is 1. The van der Waals surface area contributed by atoms with Crippen LogP contribution in [0, 0.1) is 6.92 Å². The molecule has 1 unspecified atom stereocenters. The van der Waals surface area contributed by atoms with Crippen LogP contribution in [-0.2, 0) is 11.2 Å². The third-order valence-corrected chi connectivity index (χ3v) is 3.89. The van der Waals surface area contributed by atoms with Gasteiger partial charge in [-0.1, -0.05) is 18.2 Å². The highest BCUT2D eigenvalue weighted by Crippen LogP contribution is 2.44. The number of rotatable bonds is 0. The minimum atomic E-state index is -0.167. The van der Waals surface area contributed by atoms with Gasteiger partial charge in [-0.15, -0.1) is 0 Å². The maximum Gasteiger partial charge on any atom is 0.247 e. The van der Waals surface area contributed by atoms with Crippen molar-refractivity contribution in [3.63, 3.8) is 0 Å². The van der Waals surface area contributed by atoms with Gasteiger partial charge < -0.3 is 10.2 Å². The Kier molecular flexibility index (Phi) is 1.98. The molecule has 2 aliphatic heterocycles. The second-order valence-corrected chi connectivity index (χ2v) is 5.03. The largest absolute Gasteiger partial charge is 0.321 e. The van der Waals surface area contributed by atoms with E-state index in [1.54, 1.807) is 6.20 Å². The van der Waals surface area contributed by atoms with Crippen molar-refractivity contribution in [2.45, 2.75) is 19.4 Å². The van der Waals surface area contributed by atoms with E-state index in [-0.39, 0.29) is 11.9 Å². The van der Waals surface area contributed by atoms with Crippen LogP contribution in [0.3, 0.4) is 0 Å². The quantitative estimate of drug-likeness (QED) is 0.782. The number of hydrogen-bond acceptors (Lipinski definition) is 3. The van der Waals surface area contributed by atoms with E-state index >= 15 is 0 Å². The molecule has 4 heteroatoms. The SMILES string of the molecule is Cc1ccnc2c1NC(=O)C1Cc3ccccc3N21. The van der Waals surface area contributed by atoms with Gasteiger partial charge >= 0.3 is 0 Å². The maximum absolute atomic E-state index is 12.3. The Morgan fingerprint density at radius 2 is 2.16 bits per heavy atom. The molecule has 0 radical (unpaired) electrons. The number of benzene rings is 1. The van der Waals surface area contributed by atoms with E-state index in [4.69, 9.17) is 0 Å². The van der Waals surface area contributed by atoms with Crippen LogP contribution in [0.4, 0.5) is 17.2 Å². The molecule has 4 nitrogen and oxygen atoms in total. The highest BCUT2D eigenvalue weighted by molar-refractivity contribution is 6.07. The minimum Gasteiger partial charge on any atom is -0.321 e. The number of nitrogens with zero attached hydrogens (tertiary/aromatic N) is 2. The summed E-state index contributed by atoms with van der Waals surface area (Å²) in [7, 11) is 0. The van der Waals surface area contributed by atoms with E-state index in [1.807, 2.05) is 25.1 Å². The molecule has 1 N–H and O–H groups in total. The number of aryl methyl sites for hydroxylation is 1. The molecule has 19 heavy (non-hydrogen) atoms. The molecular formula is C15H13N3O. The monoisotopic (exact) mass is 251 g/mol. The van der Waals surface area contributed by atoms with Gasteiger partial charge in [0, 0.05) is 18.3 Å². The zero-order chi connectivity index (χ0) is 13.0. The average Bonchev–Trinajstić information content (AvgIpc) is 2.81. The molecule has 1 amide bonds. The Hall–Kier alpha value is -2.36. The van der Waals surface area contributed by atoms with Crippen molar-refractivity contribution < 1.29 is 4.79 Å². The van der Waals surface area contributed by atoms with Gasteiger partial charge in [0.2, 0.25) is 5.91 Å². The lowest BCUT2D eigenvalue weighted by atomic mass is 10.1. The molecule has 0 bridgehead atoms. The number of hydrogen-bond donors (Lipinski definition) is 1. The standard InChI is InChI=1S/C15H13N3O/c1-9-6-7-16-14-13(9)17-15(19)12-8-10-4-2-3-5-11(10)18(12)14/h2-7,12H,8H2,1H3,(H,17,19). The molecule has 1 atom stereocenters. The van der Waals surface area contributed by atoms with E-state index in [0.717, 1.165) is 29.2 Å². The third-order valence-electron chi connectivity index (χ3n) is 3.89. The number of pyridine rings is 1. The highest BCUT2D eigenvalue weighted by Gasteiger charge is 2.40. The molecule has 0 fully saturated rings. The molecule has 2 aromatic rings. The van der Waals surface area contributed by atoms with Gasteiger partial charge in [-0.2, -0.15) is 0 Å². The first-order valence-electron chi connectivity index (χ1n) is 6.39. The zero-order valence-electron chi connectivity index (χ0n) is 10.6. The van der Waals surface area contributed by atoms with Crippen LogP contribution < -0.4 is 10.2 Å². The van der Waals surface area contributed by atoms with Crippen molar-refractivity contribution in [1.29, 1.82) is 0 Å². The number of nitrogens with one attached hydrogen (secondary N) is 1. The fourth-order valence-electron chi connectivity index (χ4n) is 2.95. The van der Waals surface area contributed by atoms with E-state index in [2.05, 4.69) is 27.3 Å². The van der Waals surface area contributed by atoms with Gasteiger partial charge in [0.15, 0.2) is 5.82 Å². The van der Waals surface area contributed by atoms with Gasteiger partial charge in [0.25, 0.3) is 0 Å². The molecule has 0 aliphatic carbocycles. The number of fused-ring (bicyclic) bond motifs is 5. The summed E-state index contributed by atoms with van der Waals surface area (Å²) >= 11 is 0. The third kappa shape index (κ3) is 1.34. The summed E-state index contributed by atoms with van der Waals surface area (Å²) in [6, 6.07) is 9.90. The van der Waals surface area contributed by atoms with Crippen LogP contribution in [0.2, 0.25) is 0 Å². The number of carbonyl (C=O) groups is 1. The molecule has 0 spiro atoms. The summed E-state index contributed by atoms with van der Waals surface area (Å²) in [5.74, 6) is 0.911. The zero-order valence-corrected chi connectivity index (χ0v) is 10.6. The lowest BCUT2D eigenvalue weighted by molar-refractivity contribution is -0.117. The van der Waals surface area contributed by atoms with Gasteiger partial charge in [-0.3, -0.25) is 4.79 Å². The molecule has 2 aliphatic rings. The Labute approximate surface area is 111 Å². The number of amides is 1. The highest BCUT2D eigenvalue weighted by atomic mass is 16.2. The molecule has 3 heterocycles. The number of carbonyl (C=O) groups excluding carboxylic acids is 1. The Balaban J connectivity index is 1.97. The predicted octanol–water partition coefficient (Wildman–Crippen LogP) is 2.40. The van der Waals surface area contributed by atoms with E-state index < -0.39 is 0 Å². The van der Waals surface area contributed by atoms with Crippen LogP contribution >= 0.6 is 0 Å². The smallest absolute Gasteiger partial charge is 0.247 e. The summed E-state index contributed by atoms with van der Waals surface area (Å²) in [5, 5.41) is 2.99. The first-order chi connectivity index (χ1) is 9.25. The molecule has 0 saturated carbocycles. The fourth-order valence-corrected chi connectivity index (χ4v) is 2.95. The molecule has 1 aromatic carbocycles. The van der Waals surface area contributed by atoms with Crippen molar-refractivity contribution in [2.75, 3.05) is 10.2 Å². The van der Waals surface area contributed by atoms with Gasteiger partial charge in [0.05, 0.1) is 5.69 Å². The van der Waals surface area contributed by atoms with Crippen LogP contribution in [0.25, 0.3) is 0 Å². The van der Waals surface area contributed by atoms with E-state index in [1.165, 1.54) is 5.56 Å². The topological polar surface area (TPSA) is 45.2 Å². The maximum atomic E-state index is 12.3.